The minimum Gasteiger partial charge on any atom is -0.355 e. The first kappa shape index (κ1) is 17.2. The summed E-state index contributed by atoms with van der Waals surface area (Å²) in [6.07, 6.45) is 5.04. The van der Waals surface area contributed by atoms with Crippen LogP contribution >= 0.6 is 11.6 Å². The summed E-state index contributed by atoms with van der Waals surface area (Å²) in [5.74, 6) is -0.704. The third-order valence-electron chi connectivity index (χ3n) is 5.03. The smallest absolute Gasteiger partial charge is 0.225 e. The first-order valence-corrected chi connectivity index (χ1v) is 8.94. The second-order valence-corrected chi connectivity index (χ2v) is 7.03. The molecule has 0 bridgehead atoms. The Balaban J connectivity index is 1.50. The molecule has 1 aromatic carbocycles. The van der Waals surface area contributed by atoms with Gasteiger partial charge < -0.3 is 10.2 Å². The van der Waals surface area contributed by atoms with E-state index in [4.69, 9.17) is 11.6 Å². The number of hydrogen-bond acceptors (Lipinski definition) is 2. The molecular formula is C18H22ClFN2O2. The molecule has 1 aromatic rings. The molecule has 1 aliphatic heterocycles. The predicted molar refractivity (Wildman–Crippen MR) is 90.2 cm³/mol. The van der Waals surface area contributed by atoms with Crippen LogP contribution in [0.3, 0.4) is 0 Å². The van der Waals surface area contributed by atoms with Gasteiger partial charge in [0.1, 0.15) is 5.82 Å². The second-order valence-electron chi connectivity index (χ2n) is 6.63. The Kier molecular flexibility index (Phi) is 5.39. The molecule has 2 fully saturated rings. The van der Waals surface area contributed by atoms with Crippen molar-refractivity contribution in [2.45, 2.75) is 44.6 Å². The Morgan fingerprint density at radius 3 is 2.79 bits per heavy atom. The average Bonchev–Trinajstić information content (AvgIpc) is 3.19. The molecule has 1 saturated carbocycles. The van der Waals surface area contributed by atoms with E-state index in [1.165, 1.54) is 6.07 Å². The van der Waals surface area contributed by atoms with Crippen LogP contribution in [0.5, 0.6) is 0 Å². The number of nitrogens with one attached hydrogen (secondary N) is 1. The van der Waals surface area contributed by atoms with Crippen LogP contribution in [0.4, 0.5) is 4.39 Å². The molecule has 2 aliphatic rings. The van der Waals surface area contributed by atoms with E-state index >= 15 is 0 Å². The van der Waals surface area contributed by atoms with Gasteiger partial charge in [0, 0.05) is 36.1 Å². The molecule has 130 valence electrons. The number of likely N-dealkylation sites (tertiary alicyclic amines) is 1. The van der Waals surface area contributed by atoms with Gasteiger partial charge in [-0.15, -0.1) is 0 Å². The summed E-state index contributed by atoms with van der Waals surface area (Å²) in [7, 11) is 0. The number of benzene rings is 1. The lowest BCUT2D eigenvalue weighted by Gasteiger charge is -2.23. The molecule has 0 aromatic heterocycles. The summed E-state index contributed by atoms with van der Waals surface area (Å²) < 4.78 is 13.7. The molecule has 1 aliphatic carbocycles. The van der Waals surface area contributed by atoms with E-state index in [0.29, 0.717) is 36.1 Å². The fourth-order valence-corrected chi connectivity index (χ4v) is 3.96. The Hall–Kier alpha value is -1.62. The zero-order chi connectivity index (χ0) is 17.1. The van der Waals surface area contributed by atoms with Crippen LogP contribution in [0.15, 0.2) is 18.2 Å². The van der Waals surface area contributed by atoms with Crippen molar-refractivity contribution in [1.29, 1.82) is 0 Å². The highest BCUT2D eigenvalue weighted by molar-refractivity contribution is 6.31. The van der Waals surface area contributed by atoms with Crippen molar-refractivity contribution >= 4 is 23.4 Å². The van der Waals surface area contributed by atoms with Crippen LogP contribution in [0.1, 0.15) is 37.7 Å². The molecule has 1 saturated heterocycles. The molecule has 1 N–H and O–H groups in total. The topological polar surface area (TPSA) is 49.4 Å². The van der Waals surface area contributed by atoms with E-state index in [0.717, 1.165) is 25.7 Å². The Bertz CT molecular complexity index is 611. The number of amides is 2. The van der Waals surface area contributed by atoms with Gasteiger partial charge in [0.2, 0.25) is 11.8 Å². The third kappa shape index (κ3) is 3.72. The molecule has 4 nitrogen and oxygen atoms in total. The molecule has 0 spiro atoms. The summed E-state index contributed by atoms with van der Waals surface area (Å²) in [5.41, 5.74) is 0.412. The number of rotatable bonds is 5. The maximum absolute atomic E-state index is 13.7. The lowest BCUT2D eigenvalue weighted by molar-refractivity contribution is -0.130. The number of hydrogen-bond donors (Lipinski definition) is 1. The van der Waals surface area contributed by atoms with Gasteiger partial charge in [0.05, 0.1) is 5.92 Å². The molecule has 1 heterocycles. The summed E-state index contributed by atoms with van der Waals surface area (Å²) in [6, 6.07) is 4.86. The molecule has 2 amide bonds. The number of carbonyl (C=O) groups excluding carboxylic acids is 2. The molecule has 6 heteroatoms. The van der Waals surface area contributed by atoms with Crippen molar-refractivity contribution in [3.8, 4) is 0 Å². The molecule has 0 unspecified atom stereocenters. The maximum atomic E-state index is 13.7. The average molecular weight is 353 g/mol. The molecule has 1 atom stereocenters. The van der Waals surface area contributed by atoms with E-state index in [9.17, 15) is 14.0 Å². The van der Waals surface area contributed by atoms with Crippen molar-refractivity contribution in [1.82, 2.24) is 10.2 Å². The molecule has 3 rings (SSSR count). The van der Waals surface area contributed by atoms with Crippen molar-refractivity contribution in [2.24, 2.45) is 5.92 Å². The summed E-state index contributed by atoms with van der Waals surface area (Å²) in [6.45, 7) is 0.823. The quantitative estimate of drug-likeness (QED) is 0.885. The van der Waals surface area contributed by atoms with Gasteiger partial charge in [-0.2, -0.15) is 0 Å². The second kappa shape index (κ2) is 7.51. The lowest BCUT2D eigenvalue weighted by atomic mass is 10.1. The van der Waals surface area contributed by atoms with Crippen LogP contribution in [0.25, 0.3) is 0 Å². The van der Waals surface area contributed by atoms with Gasteiger partial charge in [-0.25, -0.2) is 4.39 Å². The Morgan fingerprint density at radius 1 is 1.33 bits per heavy atom. The zero-order valence-electron chi connectivity index (χ0n) is 13.6. The largest absolute Gasteiger partial charge is 0.355 e. The van der Waals surface area contributed by atoms with Gasteiger partial charge in [0.15, 0.2) is 0 Å². The first-order chi connectivity index (χ1) is 11.6. The zero-order valence-corrected chi connectivity index (χ0v) is 14.3. The highest BCUT2D eigenvalue weighted by Crippen LogP contribution is 2.29. The standard InChI is InChI=1S/C18H22ClFN2O2/c19-15-6-3-7-16(20)14(15)8-9-21-18(24)12-10-17(23)22(11-12)13-4-1-2-5-13/h3,6-7,12-13H,1-2,4-5,8-11H2,(H,21,24)/t12-/m1/s1. The van der Waals surface area contributed by atoms with E-state index in [1.54, 1.807) is 12.1 Å². The number of halogens is 2. The molecular weight excluding hydrogens is 331 g/mol. The lowest BCUT2D eigenvalue weighted by Crippen LogP contribution is -2.37. The van der Waals surface area contributed by atoms with Crippen LogP contribution < -0.4 is 5.32 Å². The fourth-order valence-electron chi connectivity index (χ4n) is 3.70. The minimum atomic E-state index is -0.361. The van der Waals surface area contributed by atoms with Crippen LogP contribution in [0, 0.1) is 11.7 Å². The highest BCUT2D eigenvalue weighted by atomic mass is 35.5. The monoisotopic (exact) mass is 352 g/mol. The number of nitrogens with zero attached hydrogens (tertiary/aromatic N) is 1. The Labute approximate surface area is 146 Å². The van der Waals surface area contributed by atoms with Crippen molar-refractivity contribution in [3.05, 3.63) is 34.6 Å². The fraction of sp³-hybridized carbons (Fsp3) is 0.556. The maximum Gasteiger partial charge on any atom is 0.225 e. The van der Waals surface area contributed by atoms with E-state index in [-0.39, 0.29) is 30.0 Å². The van der Waals surface area contributed by atoms with Gasteiger partial charge in [-0.1, -0.05) is 30.5 Å². The predicted octanol–water partition coefficient (Wildman–Crippen LogP) is 2.93. The van der Waals surface area contributed by atoms with E-state index in [2.05, 4.69) is 5.32 Å². The Morgan fingerprint density at radius 2 is 2.08 bits per heavy atom. The van der Waals surface area contributed by atoms with E-state index in [1.807, 2.05) is 4.90 Å². The van der Waals surface area contributed by atoms with Crippen molar-refractivity contribution in [2.75, 3.05) is 13.1 Å². The first-order valence-electron chi connectivity index (χ1n) is 8.56. The SMILES string of the molecule is O=C(NCCc1c(F)cccc1Cl)[C@@H]1CC(=O)N(C2CCCC2)C1. The third-order valence-corrected chi connectivity index (χ3v) is 5.38. The van der Waals surface area contributed by atoms with Gasteiger partial charge in [-0.05, 0) is 31.4 Å². The van der Waals surface area contributed by atoms with Crippen molar-refractivity contribution < 1.29 is 14.0 Å². The summed E-state index contributed by atoms with van der Waals surface area (Å²) >= 11 is 5.98. The van der Waals surface area contributed by atoms with Crippen LogP contribution in [0.2, 0.25) is 5.02 Å². The van der Waals surface area contributed by atoms with Gasteiger partial charge in [0.25, 0.3) is 0 Å². The summed E-state index contributed by atoms with van der Waals surface area (Å²) in [4.78, 5) is 26.3. The van der Waals surface area contributed by atoms with Crippen LogP contribution in [-0.2, 0) is 16.0 Å². The normalized spacial score (nSPS) is 21.5. The highest BCUT2D eigenvalue weighted by Gasteiger charge is 2.38. The number of carbonyl (C=O) groups is 2. The van der Waals surface area contributed by atoms with Gasteiger partial charge >= 0.3 is 0 Å². The molecule has 24 heavy (non-hydrogen) atoms. The van der Waals surface area contributed by atoms with Crippen LogP contribution in [-0.4, -0.2) is 35.8 Å². The van der Waals surface area contributed by atoms with Crippen molar-refractivity contribution in [3.63, 3.8) is 0 Å². The van der Waals surface area contributed by atoms with Gasteiger partial charge in [-0.3, -0.25) is 9.59 Å². The van der Waals surface area contributed by atoms with E-state index < -0.39 is 0 Å². The minimum absolute atomic E-state index is 0.0826. The summed E-state index contributed by atoms with van der Waals surface area (Å²) in [5, 5.41) is 3.18. The molecule has 0 radical (unpaired) electrons.